The summed E-state index contributed by atoms with van der Waals surface area (Å²) in [6.45, 7) is 7.36. The number of nitrogens with zero attached hydrogens (tertiary/aromatic N) is 1. The SMILES string of the molecule is CC(C)(C)c1ccccc1NC(=O)N(CCCCO)C1CC1. The van der Waals surface area contributed by atoms with Crippen molar-refractivity contribution in [3.05, 3.63) is 29.8 Å². The summed E-state index contributed by atoms with van der Waals surface area (Å²) in [7, 11) is 0. The monoisotopic (exact) mass is 304 g/mol. The summed E-state index contributed by atoms with van der Waals surface area (Å²) in [5.74, 6) is 0. The normalized spacial score (nSPS) is 14.7. The number of amides is 2. The third-order valence-corrected chi connectivity index (χ3v) is 4.03. The summed E-state index contributed by atoms with van der Waals surface area (Å²) < 4.78 is 0. The molecule has 0 spiro atoms. The molecule has 4 heteroatoms. The van der Waals surface area contributed by atoms with Crippen LogP contribution in [0.1, 0.15) is 52.0 Å². The Morgan fingerprint density at radius 1 is 1.27 bits per heavy atom. The highest BCUT2D eigenvalue weighted by Gasteiger charge is 2.32. The van der Waals surface area contributed by atoms with Gasteiger partial charge in [0.25, 0.3) is 0 Å². The van der Waals surface area contributed by atoms with Crippen LogP contribution in [0.3, 0.4) is 0 Å². The Bertz CT molecular complexity index is 504. The maximum absolute atomic E-state index is 12.6. The van der Waals surface area contributed by atoms with Gasteiger partial charge in [0.05, 0.1) is 0 Å². The van der Waals surface area contributed by atoms with Crippen molar-refractivity contribution in [2.75, 3.05) is 18.5 Å². The van der Waals surface area contributed by atoms with Gasteiger partial charge >= 0.3 is 6.03 Å². The summed E-state index contributed by atoms with van der Waals surface area (Å²) in [6, 6.07) is 8.37. The van der Waals surface area contributed by atoms with Gasteiger partial charge in [-0.15, -0.1) is 0 Å². The molecule has 0 atom stereocenters. The number of hydrogen-bond donors (Lipinski definition) is 2. The number of carbonyl (C=O) groups excluding carboxylic acids is 1. The van der Waals surface area contributed by atoms with Gasteiger partial charge in [-0.2, -0.15) is 0 Å². The number of carbonyl (C=O) groups is 1. The lowest BCUT2D eigenvalue weighted by molar-refractivity contribution is 0.204. The molecule has 0 bridgehead atoms. The molecule has 2 N–H and O–H groups in total. The van der Waals surface area contributed by atoms with E-state index >= 15 is 0 Å². The molecule has 2 rings (SSSR count). The van der Waals surface area contributed by atoms with Crippen LogP contribution in [0.5, 0.6) is 0 Å². The van der Waals surface area contributed by atoms with Crippen LogP contribution in [-0.4, -0.2) is 35.2 Å². The summed E-state index contributed by atoms with van der Waals surface area (Å²) in [4.78, 5) is 14.5. The minimum Gasteiger partial charge on any atom is -0.396 e. The van der Waals surface area contributed by atoms with Crippen molar-refractivity contribution in [3.8, 4) is 0 Å². The third kappa shape index (κ3) is 4.47. The highest BCUT2D eigenvalue weighted by Crippen LogP contribution is 2.31. The van der Waals surface area contributed by atoms with Crippen LogP contribution in [0, 0.1) is 0 Å². The number of para-hydroxylation sites is 1. The summed E-state index contributed by atoms with van der Waals surface area (Å²) >= 11 is 0. The lowest BCUT2D eigenvalue weighted by atomic mass is 9.86. The molecule has 0 aliphatic heterocycles. The van der Waals surface area contributed by atoms with E-state index in [1.807, 2.05) is 23.1 Å². The molecule has 1 fully saturated rings. The van der Waals surface area contributed by atoms with E-state index in [0.717, 1.165) is 43.5 Å². The second-order valence-electron chi connectivity index (χ2n) is 7.08. The molecule has 4 nitrogen and oxygen atoms in total. The van der Waals surface area contributed by atoms with Crippen molar-refractivity contribution in [3.63, 3.8) is 0 Å². The van der Waals surface area contributed by atoms with Gasteiger partial charge in [0.1, 0.15) is 0 Å². The fourth-order valence-electron chi connectivity index (χ4n) is 2.66. The van der Waals surface area contributed by atoms with Gasteiger partial charge in [0, 0.05) is 24.9 Å². The molecule has 22 heavy (non-hydrogen) atoms. The lowest BCUT2D eigenvalue weighted by Gasteiger charge is -2.26. The van der Waals surface area contributed by atoms with E-state index in [-0.39, 0.29) is 18.1 Å². The number of aliphatic hydroxyl groups excluding tert-OH is 1. The predicted molar refractivity (Wildman–Crippen MR) is 90.2 cm³/mol. The number of aliphatic hydroxyl groups is 1. The molecule has 0 heterocycles. The Morgan fingerprint density at radius 2 is 1.95 bits per heavy atom. The van der Waals surface area contributed by atoms with Crippen molar-refractivity contribution in [2.45, 2.75) is 57.9 Å². The Kier molecular flexibility index (Phi) is 5.46. The molecule has 1 aromatic carbocycles. The molecule has 1 saturated carbocycles. The van der Waals surface area contributed by atoms with Crippen molar-refractivity contribution in [1.29, 1.82) is 0 Å². The van der Waals surface area contributed by atoms with Crippen molar-refractivity contribution >= 4 is 11.7 Å². The van der Waals surface area contributed by atoms with E-state index in [1.54, 1.807) is 0 Å². The van der Waals surface area contributed by atoms with Crippen molar-refractivity contribution in [2.24, 2.45) is 0 Å². The number of anilines is 1. The zero-order valence-electron chi connectivity index (χ0n) is 13.9. The first-order valence-electron chi connectivity index (χ1n) is 8.21. The number of rotatable bonds is 6. The van der Waals surface area contributed by atoms with Gasteiger partial charge in [0.2, 0.25) is 0 Å². The maximum atomic E-state index is 12.6. The summed E-state index contributed by atoms with van der Waals surface area (Å²) in [5, 5.41) is 12.0. The topological polar surface area (TPSA) is 52.6 Å². The molecule has 0 aromatic heterocycles. The first-order valence-corrected chi connectivity index (χ1v) is 8.21. The molecular weight excluding hydrogens is 276 g/mol. The molecule has 0 saturated heterocycles. The van der Waals surface area contributed by atoms with Crippen LogP contribution >= 0.6 is 0 Å². The lowest BCUT2D eigenvalue weighted by Crippen LogP contribution is -2.38. The number of urea groups is 1. The number of nitrogens with one attached hydrogen (secondary N) is 1. The van der Waals surface area contributed by atoms with Gasteiger partial charge in [-0.3, -0.25) is 0 Å². The third-order valence-electron chi connectivity index (χ3n) is 4.03. The smallest absolute Gasteiger partial charge is 0.322 e. The molecule has 122 valence electrons. The fourth-order valence-corrected chi connectivity index (χ4v) is 2.66. The number of hydrogen-bond acceptors (Lipinski definition) is 2. The standard InChI is InChI=1S/C18H28N2O2/c1-18(2,3)15-8-4-5-9-16(15)19-17(22)20(14-10-11-14)12-6-7-13-21/h4-5,8-9,14,21H,6-7,10-13H2,1-3H3,(H,19,22). The summed E-state index contributed by atoms with van der Waals surface area (Å²) in [5.41, 5.74) is 2.04. The van der Waals surface area contributed by atoms with Gasteiger partial charge in [0.15, 0.2) is 0 Å². The van der Waals surface area contributed by atoms with E-state index in [4.69, 9.17) is 5.11 Å². The Morgan fingerprint density at radius 3 is 2.55 bits per heavy atom. The largest absolute Gasteiger partial charge is 0.396 e. The van der Waals surface area contributed by atoms with Crippen LogP contribution in [0.2, 0.25) is 0 Å². The Hall–Kier alpha value is -1.55. The molecular formula is C18H28N2O2. The fraction of sp³-hybridized carbons (Fsp3) is 0.611. The minimum atomic E-state index is -0.0165. The van der Waals surface area contributed by atoms with Gasteiger partial charge < -0.3 is 15.3 Å². The average molecular weight is 304 g/mol. The van der Waals surface area contributed by atoms with E-state index in [0.29, 0.717) is 6.04 Å². The highest BCUT2D eigenvalue weighted by atomic mass is 16.3. The number of unbranched alkanes of at least 4 members (excludes halogenated alkanes) is 1. The zero-order chi connectivity index (χ0) is 16.2. The zero-order valence-corrected chi connectivity index (χ0v) is 13.9. The maximum Gasteiger partial charge on any atom is 0.322 e. The molecule has 1 aromatic rings. The van der Waals surface area contributed by atoms with Gasteiger partial charge in [-0.25, -0.2) is 4.79 Å². The summed E-state index contributed by atoms with van der Waals surface area (Å²) in [6.07, 6.45) is 3.78. The van der Waals surface area contributed by atoms with Crippen molar-refractivity contribution < 1.29 is 9.90 Å². The molecule has 0 radical (unpaired) electrons. The first kappa shape index (κ1) is 16.8. The van der Waals surface area contributed by atoms with Gasteiger partial charge in [-0.05, 0) is 42.7 Å². The molecule has 2 amide bonds. The predicted octanol–water partition coefficient (Wildman–Crippen LogP) is 3.75. The van der Waals surface area contributed by atoms with E-state index < -0.39 is 0 Å². The second kappa shape index (κ2) is 7.14. The Balaban J connectivity index is 2.07. The van der Waals surface area contributed by atoms with E-state index in [1.165, 1.54) is 0 Å². The van der Waals surface area contributed by atoms with Crippen LogP contribution in [0.25, 0.3) is 0 Å². The van der Waals surface area contributed by atoms with Crippen LogP contribution in [0.15, 0.2) is 24.3 Å². The minimum absolute atomic E-state index is 0.00876. The highest BCUT2D eigenvalue weighted by molar-refractivity contribution is 5.90. The first-order chi connectivity index (χ1) is 10.4. The van der Waals surface area contributed by atoms with E-state index in [2.05, 4.69) is 32.2 Å². The number of benzene rings is 1. The van der Waals surface area contributed by atoms with Crippen LogP contribution < -0.4 is 5.32 Å². The van der Waals surface area contributed by atoms with E-state index in [9.17, 15) is 4.79 Å². The van der Waals surface area contributed by atoms with Crippen LogP contribution in [0.4, 0.5) is 10.5 Å². The van der Waals surface area contributed by atoms with Gasteiger partial charge in [-0.1, -0.05) is 39.0 Å². The second-order valence-corrected chi connectivity index (χ2v) is 7.08. The average Bonchev–Trinajstić information content (AvgIpc) is 3.27. The molecule has 0 unspecified atom stereocenters. The molecule has 1 aliphatic carbocycles. The Labute approximate surface area is 133 Å². The van der Waals surface area contributed by atoms with Crippen molar-refractivity contribution in [1.82, 2.24) is 4.90 Å². The molecule has 1 aliphatic rings. The quantitative estimate of drug-likeness (QED) is 0.786. The van der Waals surface area contributed by atoms with Crippen LogP contribution in [-0.2, 0) is 5.41 Å².